The molecular weight excluding hydrogens is 813 g/mol. The van der Waals surface area contributed by atoms with Gasteiger partial charge in [-0.05, 0) is 99.4 Å². The van der Waals surface area contributed by atoms with Gasteiger partial charge in [0.15, 0.2) is 5.82 Å². The predicted molar refractivity (Wildman–Crippen MR) is 280 cm³/mol. The molecule has 0 amide bonds. The molecule has 0 spiro atoms. The van der Waals surface area contributed by atoms with E-state index in [1.165, 1.54) is 66.0 Å². The van der Waals surface area contributed by atoms with Gasteiger partial charge in [0.05, 0.1) is 33.3 Å². The van der Waals surface area contributed by atoms with E-state index in [1.807, 2.05) is 0 Å². The van der Waals surface area contributed by atoms with E-state index in [0.717, 1.165) is 60.9 Å². The van der Waals surface area contributed by atoms with E-state index in [0.29, 0.717) is 5.82 Å². The van der Waals surface area contributed by atoms with Crippen LogP contribution in [0.5, 0.6) is 0 Å². The molecule has 4 heteroatoms. The standard InChI is InChI=1S/C63H42N4/c1-63(2)53-26-11-8-22-47(53)52-37-41(32-35-54(52)63)60-51-34-30-39-16-6-7-21-46(39)61(51)65-62(64-60)42-17-14-20-44(36-42)67-56-28-13-10-24-50(56)59-45(25-15-29-57(59)67)40-31-33-49-48-23-9-12-27-55(48)66(58(49)38-40)43-18-4-3-5-19-43/h3-38H,1-2H3. The highest BCUT2D eigenvalue weighted by Crippen LogP contribution is 2.50. The highest BCUT2D eigenvalue weighted by molar-refractivity contribution is 6.17. The van der Waals surface area contributed by atoms with Crippen LogP contribution in [0.15, 0.2) is 218 Å². The first kappa shape index (κ1) is 37.7. The van der Waals surface area contributed by atoms with E-state index >= 15 is 0 Å². The maximum Gasteiger partial charge on any atom is 0.160 e. The summed E-state index contributed by atoms with van der Waals surface area (Å²) in [6.45, 7) is 4.66. The van der Waals surface area contributed by atoms with E-state index < -0.39 is 0 Å². The quantitative estimate of drug-likeness (QED) is 0.162. The first-order valence-corrected chi connectivity index (χ1v) is 23.2. The number of benzene rings is 10. The van der Waals surface area contributed by atoms with Gasteiger partial charge in [-0.1, -0.05) is 172 Å². The smallest absolute Gasteiger partial charge is 0.160 e. The molecule has 0 bridgehead atoms. The Morgan fingerprint density at radius 3 is 1.87 bits per heavy atom. The van der Waals surface area contributed by atoms with Crippen molar-refractivity contribution in [3.63, 3.8) is 0 Å². The molecular formula is C63H42N4. The largest absolute Gasteiger partial charge is 0.309 e. The van der Waals surface area contributed by atoms with Crippen molar-refractivity contribution in [2.75, 3.05) is 0 Å². The molecule has 1 aliphatic carbocycles. The zero-order valence-electron chi connectivity index (χ0n) is 37.1. The molecule has 4 nitrogen and oxygen atoms in total. The summed E-state index contributed by atoms with van der Waals surface area (Å²) in [5, 5.41) is 8.24. The topological polar surface area (TPSA) is 35.6 Å². The minimum atomic E-state index is -0.0785. The number of rotatable bonds is 5. The van der Waals surface area contributed by atoms with Crippen LogP contribution in [0.1, 0.15) is 25.0 Å². The lowest BCUT2D eigenvalue weighted by Gasteiger charge is -2.21. The Bertz CT molecular complexity index is 4190. The summed E-state index contributed by atoms with van der Waals surface area (Å²) in [5.74, 6) is 0.700. The van der Waals surface area contributed by atoms with E-state index in [-0.39, 0.29) is 5.41 Å². The predicted octanol–water partition coefficient (Wildman–Crippen LogP) is 16.3. The third-order valence-electron chi connectivity index (χ3n) is 14.5. The van der Waals surface area contributed by atoms with Gasteiger partial charge in [0.1, 0.15) is 0 Å². The summed E-state index contributed by atoms with van der Waals surface area (Å²) in [7, 11) is 0. The highest BCUT2D eigenvalue weighted by atomic mass is 15.0. The van der Waals surface area contributed by atoms with Crippen molar-refractivity contribution < 1.29 is 0 Å². The fourth-order valence-electron chi connectivity index (χ4n) is 11.4. The Morgan fingerprint density at radius 1 is 0.358 bits per heavy atom. The van der Waals surface area contributed by atoms with Gasteiger partial charge in [-0.25, -0.2) is 9.97 Å². The van der Waals surface area contributed by atoms with E-state index in [1.54, 1.807) is 0 Å². The molecule has 3 heterocycles. The number of hydrogen-bond donors (Lipinski definition) is 0. The second kappa shape index (κ2) is 14.2. The molecule has 67 heavy (non-hydrogen) atoms. The summed E-state index contributed by atoms with van der Waals surface area (Å²) in [6, 6.07) is 79.5. The van der Waals surface area contributed by atoms with Crippen molar-refractivity contribution in [1.29, 1.82) is 0 Å². The number of aromatic nitrogens is 4. The summed E-state index contributed by atoms with van der Waals surface area (Å²) in [4.78, 5) is 11.0. The summed E-state index contributed by atoms with van der Waals surface area (Å²) >= 11 is 0. The van der Waals surface area contributed by atoms with Gasteiger partial charge in [-0.15, -0.1) is 0 Å². The third-order valence-corrected chi connectivity index (χ3v) is 14.5. The Hall–Kier alpha value is -8.60. The molecule has 0 radical (unpaired) electrons. The van der Waals surface area contributed by atoms with E-state index in [4.69, 9.17) is 9.97 Å². The molecule has 14 rings (SSSR count). The van der Waals surface area contributed by atoms with Crippen LogP contribution in [0.3, 0.4) is 0 Å². The average Bonchev–Trinajstić information content (AvgIpc) is 3.99. The summed E-state index contributed by atoms with van der Waals surface area (Å²) in [5.41, 5.74) is 18.4. The van der Waals surface area contributed by atoms with Gasteiger partial charge >= 0.3 is 0 Å². The molecule has 314 valence electrons. The van der Waals surface area contributed by atoms with Crippen molar-refractivity contribution in [3.8, 4) is 56.3 Å². The van der Waals surface area contributed by atoms with Crippen LogP contribution in [-0.2, 0) is 5.41 Å². The molecule has 0 aliphatic heterocycles. The number of nitrogens with zero attached hydrogens (tertiary/aromatic N) is 4. The average molecular weight is 855 g/mol. The third kappa shape index (κ3) is 5.54. The maximum atomic E-state index is 5.51. The van der Waals surface area contributed by atoms with Gasteiger partial charge < -0.3 is 9.13 Å². The van der Waals surface area contributed by atoms with Gasteiger partial charge in [0, 0.05) is 60.2 Å². The molecule has 0 saturated carbocycles. The lowest BCUT2D eigenvalue weighted by molar-refractivity contribution is 0.660. The van der Waals surface area contributed by atoms with Gasteiger partial charge in [-0.3, -0.25) is 0 Å². The zero-order chi connectivity index (χ0) is 44.4. The number of hydrogen-bond acceptors (Lipinski definition) is 2. The van der Waals surface area contributed by atoms with Crippen LogP contribution < -0.4 is 0 Å². The van der Waals surface area contributed by atoms with Crippen molar-refractivity contribution in [3.05, 3.63) is 230 Å². The molecule has 0 fully saturated rings. The van der Waals surface area contributed by atoms with Crippen LogP contribution in [0, 0.1) is 0 Å². The Morgan fingerprint density at radius 2 is 0.985 bits per heavy atom. The molecule has 13 aromatic rings. The van der Waals surface area contributed by atoms with Gasteiger partial charge in [-0.2, -0.15) is 0 Å². The molecule has 10 aromatic carbocycles. The normalized spacial score (nSPS) is 13.0. The minimum absolute atomic E-state index is 0.0785. The van der Waals surface area contributed by atoms with Crippen molar-refractivity contribution in [2.45, 2.75) is 19.3 Å². The lowest BCUT2D eigenvalue weighted by atomic mass is 9.82. The van der Waals surface area contributed by atoms with Crippen LogP contribution in [0.2, 0.25) is 0 Å². The van der Waals surface area contributed by atoms with Crippen molar-refractivity contribution >= 4 is 65.3 Å². The summed E-state index contributed by atoms with van der Waals surface area (Å²) in [6.07, 6.45) is 0. The fourth-order valence-corrected chi connectivity index (χ4v) is 11.4. The lowest BCUT2D eigenvalue weighted by Crippen LogP contribution is -2.14. The fraction of sp³-hybridized carbons (Fsp3) is 0.0476. The molecule has 3 aromatic heterocycles. The first-order valence-electron chi connectivity index (χ1n) is 23.2. The highest BCUT2D eigenvalue weighted by Gasteiger charge is 2.35. The van der Waals surface area contributed by atoms with Gasteiger partial charge in [0.25, 0.3) is 0 Å². The Kier molecular flexibility index (Phi) is 8.00. The number of fused-ring (bicyclic) bond motifs is 12. The first-order chi connectivity index (χ1) is 33.0. The molecule has 0 N–H and O–H groups in total. The molecule has 0 unspecified atom stereocenters. The molecule has 1 aliphatic rings. The van der Waals surface area contributed by atoms with Crippen LogP contribution >= 0.6 is 0 Å². The Labute approximate surface area is 387 Å². The van der Waals surface area contributed by atoms with Crippen LogP contribution in [0.4, 0.5) is 0 Å². The summed E-state index contributed by atoms with van der Waals surface area (Å²) < 4.78 is 4.81. The van der Waals surface area contributed by atoms with E-state index in [9.17, 15) is 0 Å². The minimum Gasteiger partial charge on any atom is -0.309 e. The van der Waals surface area contributed by atoms with Crippen LogP contribution in [-0.4, -0.2) is 19.1 Å². The second-order valence-corrected chi connectivity index (χ2v) is 18.5. The second-order valence-electron chi connectivity index (χ2n) is 18.5. The van der Waals surface area contributed by atoms with Gasteiger partial charge in [0.2, 0.25) is 0 Å². The molecule has 0 atom stereocenters. The Balaban J connectivity index is 0.957. The van der Waals surface area contributed by atoms with E-state index in [2.05, 4.69) is 241 Å². The monoisotopic (exact) mass is 854 g/mol. The molecule has 0 saturated heterocycles. The van der Waals surface area contributed by atoms with Crippen molar-refractivity contribution in [1.82, 2.24) is 19.1 Å². The maximum absolute atomic E-state index is 5.51. The SMILES string of the molecule is CC1(C)c2ccccc2-c2cc(-c3nc(-c4cccc(-n5c6ccccc6c6c(-c7ccc8c9ccccc9n(-c9ccccc9)c8c7)cccc65)c4)nc4c3ccc3ccccc34)ccc21. The zero-order valence-corrected chi connectivity index (χ0v) is 37.1. The van der Waals surface area contributed by atoms with Crippen molar-refractivity contribution in [2.24, 2.45) is 0 Å². The van der Waals surface area contributed by atoms with Crippen LogP contribution in [0.25, 0.3) is 122 Å². The number of para-hydroxylation sites is 3.